The minimum atomic E-state index is 0.544. The Bertz CT molecular complexity index is 395. The van der Waals surface area contributed by atoms with E-state index in [0.717, 1.165) is 17.3 Å². The molecule has 1 aliphatic rings. The molecule has 1 aromatic rings. The summed E-state index contributed by atoms with van der Waals surface area (Å²) in [7, 11) is 1.65. The summed E-state index contributed by atoms with van der Waals surface area (Å²) in [5, 5.41) is 3.59. The zero-order chi connectivity index (χ0) is 13.0. The summed E-state index contributed by atoms with van der Waals surface area (Å²) in [4.78, 5) is 8.46. The van der Waals surface area contributed by atoms with Gasteiger partial charge < -0.3 is 10.1 Å². The maximum atomic E-state index is 5.24. The van der Waals surface area contributed by atoms with Gasteiger partial charge in [0, 0.05) is 6.04 Å². The smallest absolute Gasteiger partial charge is 0.221 e. The van der Waals surface area contributed by atoms with Crippen molar-refractivity contribution >= 4 is 5.82 Å². The molecule has 1 fully saturated rings. The highest BCUT2D eigenvalue weighted by molar-refractivity contribution is 5.48. The lowest BCUT2D eigenvalue weighted by atomic mass is 9.83. The van der Waals surface area contributed by atoms with E-state index in [4.69, 9.17) is 4.74 Å². The van der Waals surface area contributed by atoms with Crippen LogP contribution >= 0.6 is 0 Å². The van der Waals surface area contributed by atoms with Gasteiger partial charge in [0.15, 0.2) is 0 Å². The van der Waals surface area contributed by atoms with E-state index in [-0.39, 0.29) is 0 Å². The average Bonchev–Trinajstić information content (AvgIpc) is 2.42. The molecule has 18 heavy (non-hydrogen) atoms. The number of nitrogens with one attached hydrogen (secondary N) is 1. The lowest BCUT2D eigenvalue weighted by Gasteiger charge is -2.32. The van der Waals surface area contributed by atoms with Crippen LogP contribution in [-0.2, 0) is 0 Å². The molecule has 1 aliphatic carbocycles. The molecule has 4 nitrogen and oxygen atoms in total. The van der Waals surface area contributed by atoms with Gasteiger partial charge in [-0.3, -0.25) is 0 Å². The summed E-state index contributed by atoms with van der Waals surface area (Å²) in [5.41, 5.74) is 1.00. The molecule has 100 valence electrons. The molecule has 0 saturated heterocycles. The van der Waals surface area contributed by atoms with Crippen LogP contribution < -0.4 is 10.1 Å². The number of anilines is 1. The third-order valence-corrected chi connectivity index (χ3v) is 3.99. The summed E-state index contributed by atoms with van der Waals surface area (Å²) in [6.45, 7) is 4.28. The third kappa shape index (κ3) is 2.74. The molecule has 0 amide bonds. The summed E-state index contributed by atoms with van der Waals surface area (Å²) in [5.74, 6) is 2.35. The zero-order valence-electron chi connectivity index (χ0n) is 11.6. The van der Waals surface area contributed by atoms with Gasteiger partial charge in [0.05, 0.1) is 12.7 Å². The number of ether oxygens (including phenoxy) is 1. The van der Waals surface area contributed by atoms with Gasteiger partial charge in [-0.2, -0.15) is 0 Å². The zero-order valence-corrected chi connectivity index (χ0v) is 11.6. The van der Waals surface area contributed by atoms with Gasteiger partial charge in [-0.25, -0.2) is 9.97 Å². The molecule has 0 aliphatic heterocycles. The highest BCUT2D eigenvalue weighted by atomic mass is 16.5. The second-order valence-corrected chi connectivity index (χ2v) is 5.06. The van der Waals surface area contributed by atoms with Crippen LogP contribution in [0, 0.1) is 12.8 Å². The molecule has 0 radical (unpaired) electrons. The SMILES string of the molecule is CCC1CCCCC1Nc1ncnc(OC)c1C. The largest absolute Gasteiger partial charge is 0.481 e. The Morgan fingerprint density at radius 2 is 2.11 bits per heavy atom. The molecule has 2 rings (SSSR count). The number of aromatic nitrogens is 2. The van der Waals surface area contributed by atoms with Gasteiger partial charge in [0.1, 0.15) is 12.1 Å². The molecule has 0 bridgehead atoms. The monoisotopic (exact) mass is 249 g/mol. The van der Waals surface area contributed by atoms with E-state index < -0.39 is 0 Å². The summed E-state index contributed by atoms with van der Waals surface area (Å²) >= 11 is 0. The maximum Gasteiger partial charge on any atom is 0.221 e. The van der Waals surface area contributed by atoms with Gasteiger partial charge in [-0.05, 0) is 25.7 Å². The maximum absolute atomic E-state index is 5.24. The first-order chi connectivity index (χ1) is 8.76. The van der Waals surface area contributed by atoms with Gasteiger partial charge >= 0.3 is 0 Å². The molecule has 1 N–H and O–H groups in total. The number of rotatable bonds is 4. The Hall–Kier alpha value is -1.32. The van der Waals surface area contributed by atoms with Crippen molar-refractivity contribution in [3.63, 3.8) is 0 Å². The predicted octanol–water partition coefficient (Wildman–Crippen LogP) is 3.17. The van der Waals surface area contributed by atoms with Crippen molar-refractivity contribution in [3.8, 4) is 5.88 Å². The topological polar surface area (TPSA) is 47.0 Å². The first-order valence-corrected chi connectivity index (χ1v) is 6.88. The van der Waals surface area contributed by atoms with Gasteiger partial charge in [0.25, 0.3) is 0 Å². The van der Waals surface area contributed by atoms with E-state index in [0.29, 0.717) is 11.9 Å². The predicted molar refractivity (Wildman–Crippen MR) is 73.0 cm³/mol. The minimum absolute atomic E-state index is 0.544. The molecular weight excluding hydrogens is 226 g/mol. The van der Waals surface area contributed by atoms with Crippen LogP contribution in [0.5, 0.6) is 5.88 Å². The van der Waals surface area contributed by atoms with E-state index in [1.165, 1.54) is 32.1 Å². The molecule has 1 saturated carbocycles. The van der Waals surface area contributed by atoms with Crippen LogP contribution in [0.2, 0.25) is 0 Å². The molecule has 4 heteroatoms. The Kier molecular flexibility index (Phi) is 4.39. The van der Waals surface area contributed by atoms with E-state index in [9.17, 15) is 0 Å². The van der Waals surface area contributed by atoms with Gasteiger partial charge in [0.2, 0.25) is 5.88 Å². The van der Waals surface area contributed by atoms with Crippen molar-refractivity contribution < 1.29 is 4.74 Å². The Labute approximate surface area is 109 Å². The highest BCUT2D eigenvalue weighted by Crippen LogP contribution is 2.30. The van der Waals surface area contributed by atoms with Crippen molar-refractivity contribution in [2.45, 2.75) is 52.0 Å². The second kappa shape index (κ2) is 6.03. The van der Waals surface area contributed by atoms with Gasteiger partial charge in [-0.15, -0.1) is 0 Å². The molecular formula is C14H23N3O. The lowest BCUT2D eigenvalue weighted by Crippen LogP contribution is -2.32. The standard InChI is InChI=1S/C14H23N3O/c1-4-11-7-5-6-8-12(11)17-13-10(2)14(18-3)16-9-15-13/h9,11-12H,4-8H2,1-3H3,(H,15,16,17). The van der Waals surface area contributed by atoms with Crippen LogP contribution in [0.3, 0.4) is 0 Å². The third-order valence-electron chi connectivity index (χ3n) is 3.99. The molecule has 2 atom stereocenters. The molecule has 0 aromatic carbocycles. The fourth-order valence-corrected chi connectivity index (χ4v) is 2.85. The quantitative estimate of drug-likeness (QED) is 0.890. The average molecular weight is 249 g/mol. The number of hydrogen-bond donors (Lipinski definition) is 1. The highest BCUT2D eigenvalue weighted by Gasteiger charge is 2.24. The van der Waals surface area contributed by atoms with Crippen LogP contribution in [0.1, 0.15) is 44.6 Å². The summed E-state index contributed by atoms with van der Waals surface area (Å²) < 4.78 is 5.24. The van der Waals surface area contributed by atoms with Crippen LogP contribution in [0.4, 0.5) is 5.82 Å². The number of nitrogens with zero attached hydrogens (tertiary/aromatic N) is 2. The van der Waals surface area contributed by atoms with Crippen molar-refractivity contribution in [1.29, 1.82) is 0 Å². The van der Waals surface area contributed by atoms with Gasteiger partial charge in [-0.1, -0.05) is 26.2 Å². The fraction of sp³-hybridized carbons (Fsp3) is 0.714. The number of hydrogen-bond acceptors (Lipinski definition) is 4. The first kappa shape index (κ1) is 13.1. The fourth-order valence-electron chi connectivity index (χ4n) is 2.85. The van der Waals surface area contributed by atoms with E-state index >= 15 is 0 Å². The van der Waals surface area contributed by atoms with Crippen molar-refractivity contribution in [1.82, 2.24) is 9.97 Å². The van der Waals surface area contributed by atoms with E-state index in [2.05, 4.69) is 22.2 Å². The Morgan fingerprint density at radius 1 is 1.33 bits per heavy atom. The normalized spacial score (nSPS) is 23.7. The Morgan fingerprint density at radius 3 is 2.83 bits per heavy atom. The van der Waals surface area contributed by atoms with Crippen LogP contribution in [0.25, 0.3) is 0 Å². The Balaban J connectivity index is 2.12. The van der Waals surface area contributed by atoms with Crippen molar-refractivity contribution in [2.24, 2.45) is 5.92 Å². The summed E-state index contributed by atoms with van der Waals surface area (Å²) in [6, 6.07) is 0.544. The molecule has 0 spiro atoms. The molecule has 1 aromatic heterocycles. The summed E-state index contributed by atoms with van der Waals surface area (Å²) in [6.07, 6.45) is 8.05. The van der Waals surface area contributed by atoms with E-state index in [1.807, 2.05) is 6.92 Å². The molecule has 2 unspecified atom stereocenters. The molecule has 1 heterocycles. The minimum Gasteiger partial charge on any atom is -0.481 e. The lowest BCUT2D eigenvalue weighted by molar-refractivity contribution is 0.316. The van der Waals surface area contributed by atoms with Crippen LogP contribution in [-0.4, -0.2) is 23.1 Å². The van der Waals surface area contributed by atoms with Crippen LogP contribution in [0.15, 0.2) is 6.33 Å². The van der Waals surface area contributed by atoms with Crippen molar-refractivity contribution in [2.75, 3.05) is 12.4 Å². The van der Waals surface area contributed by atoms with E-state index in [1.54, 1.807) is 13.4 Å². The first-order valence-electron chi connectivity index (χ1n) is 6.88. The second-order valence-electron chi connectivity index (χ2n) is 5.06. The van der Waals surface area contributed by atoms with Crippen molar-refractivity contribution in [3.05, 3.63) is 11.9 Å². The number of methoxy groups -OCH3 is 1.